The molecule has 7 nitrogen and oxygen atoms in total. The van der Waals surface area contributed by atoms with Gasteiger partial charge in [0.2, 0.25) is 5.91 Å². The maximum Gasteiger partial charge on any atom is 0.339 e. The predicted molar refractivity (Wildman–Crippen MR) is 128 cm³/mol. The van der Waals surface area contributed by atoms with Crippen LogP contribution < -0.4 is 10.9 Å². The lowest BCUT2D eigenvalue weighted by Crippen LogP contribution is -2.41. The maximum atomic E-state index is 12.8. The zero-order valence-corrected chi connectivity index (χ0v) is 20.4. The first-order valence-corrected chi connectivity index (χ1v) is 11.3. The lowest BCUT2D eigenvalue weighted by Gasteiger charge is -2.17. The maximum absolute atomic E-state index is 12.8. The highest BCUT2D eigenvalue weighted by atomic mass is 16.4. The third-order valence-corrected chi connectivity index (χ3v) is 6.09. The summed E-state index contributed by atoms with van der Waals surface area (Å²) in [6.45, 7) is 13.9. The third kappa shape index (κ3) is 4.97. The van der Waals surface area contributed by atoms with Gasteiger partial charge in [0.25, 0.3) is 0 Å². The number of rotatable bonds is 7. The van der Waals surface area contributed by atoms with Crippen molar-refractivity contribution in [2.45, 2.75) is 79.2 Å². The Hall–Kier alpha value is -3.09. The molecular formula is C26H33NO6. The van der Waals surface area contributed by atoms with Crippen LogP contribution in [0.25, 0.3) is 21.9 Å². The van der Waals surface area contributed by atoms with Crippen LogP contribution in [0, 0.1) is 19.8 Å². The molecule has 1 unspecified atom stereocenters. The first kappa shape index (κ1) is 24.6. The van der Waals surface area contributed by atoms with E-state index in [1.165, 1.54) is 0 Å². The molecule has 2 N–H and O–H groups in total. The molecule has 0 fully saturated rings. The van der Waals surface area contributed by atoms with Crippen molar-refractivity contribution >= 4 is 33.8 Å². The molecule has 0 aliphatic heterocycles. The zero-order valence-electron chi connectivity index (χ0n) is 20.4. The summed E-state index contributed by atoms with van der Waals surface area (Å²) in [5.74, 6) is -1.34. The standard InChI is InChI=1S/C26H33NO6/c1-13(2)10-20(24(29)30)27-21(28)9-8-16-14(3)17-11-18-19(26(5,6)7)12-32-22(18)15(4)23(17)33-25(16)31/h11-13,20H,8-10H2,1-7H3,(H,27,28)(H,29,30). The highest BCUT2D eigenvalue weighted by Gasteiger charge is 2.24. The smallest absolute Gasteiger partial charge is 0.339 e. The molecule has 3 rings (SSSR count). The Kier molecular flexibility index (Phi) is 6.73. The van der Waals surface area contributed by atoms with E-state index in [1.54, 1.807) is 6.26 Å². The molecule has 0 spiro atoms. The van der Waals surface area contributed by atoms with Gasteiger partial charge in [-0.25, -0.2) is 9.59 Å². The third-order valence-electron chi connectivity index (χ3n) is 6.09. The SMILES string of the molecule is Cc1c(CCC(=O)NC(CC(C)C)C(=O)O)c(=O)oc2c(C)c3occ(C(C)(C)C)c3cc12. The number of furan rings is 1. The van der Waals surface area contributed by atoms with Crippen LogP contribution in [0.5, 0.6) is 0 Å². The van der Waals surface area contributed by atoms with E-state index in [0.29, 0.717) is 23.2 Å². The van der Waals surface area contributed by atoms with Crippen LogP contribution in [0.4, 0.5) is 0 Å². The summed E-state index contributed by atoms with van der Waals surface area (Å²) in [5, 5.41) is 13.7. The Morgan fingerprint density at radius 1 is 1.09 bits per heavy atom. The Morgan fingerprint density at radius 3 is 2.33 bits per heavy atom. The van der Waals surface area contributed by atoms with Gasteiger partial charge in [0.1, 0.15) is 17.2 Å². The fraction of sp³-hybridized carbons (Fsp3) is 0.500. The molecule has 0 saturated carbocycles. The summed E-state index contributed by atoms with van der Waals surface area (Å²) in [4.78, 5) is 36.6. The van der Waals surface area contributed by atoms with E-state index in [1.807, 2.05) is 33.8 Å². The van der Waals surface area contributed by atoms with E-state index in [9.17, 15) is 19.5 Å². The van der Waals surface area contributed by atoms with Crippen molar-refractivity contribution in [3.63, 3.8) is 0 Å². The first-order valence-electron chi connectivity index (χ1n) is 11.3. The Bertz CT molecular complexity index is 1270. The molecule has 0 saturated heterocycles. The lowest BCUT2D eigenvalue weighted by molar-refractivity contribution is -0.142. The summed E-state index contributed by atoms with van der Waals surface area (Å²) in [5.41, 5.74) is 3.59. The van der Waals surface area contributed by atoms with E-state index >= 15 is 0 Å². The number of carbonyl (C=O) groups is 2. The minimum Gasteiger partial charge on any atom is -0.480 e. The Morgan fingerprint density at radius 2 is 1.76 bits per heavy atom. The second kappa shape index (κ2) is 9.04. The molecule has 0 aliphatic carbocycles. The number of nitrogens with one attached hydrogen (secondary N) is 1. The first-order chi connectivity index (χ1) is 15.3. The average molecular weight is 456 g/mol. The minimum absolute atomic E-state index is 0.000834. The summed E-state index contributed by atoms with van der Waals surface area (Å²) >= 11 is 0. The largest absolute Gasteiger partial charge is 0.480 e. The molecule has 1 aromatic carbocycles. The highest BCUT2D eigenvalue weighted by molar-refractivity contribution is 6.00. The summed E-state index contributed by atoms with van der Waals surface area (Å²) in [6.07, 6.45) is 2.26. The second-order valence-corrected chi connectivity index (χ2v) is 10.2. The van der Waals surface area contributed by atoms with E-state index in [2.05, 4.69) is 26.1 Å². The number of carboxylic acid groups (broad SMARTS) is 1. The van der Waals surface area contributed by atoms with Crippen LogP contribution in [-0.2, 0) is 21.4 Å². The van der Waals surface area contributed by atoms with Crippen molar-refractivity contribution < 1.29 is 23.5 Å². The lowest BCUT2D eigenvalue weighted by atomic mass is 9.86. The molecule has 0 aliphatic rings. The molecule has 1 amide bonds. The molecule has 0 radical (unpaired) electrons. The second-order valence-electron chi connectivity index (χ2n) is 10.2. The van der Waals surface area contributed by atoms with Crippen molar-refractivity contribution in [3.05, 3.63) is 45.0 Å². The Labute approximate surface area is 193 Å². The average Bonchev–Trinajstić information content (AvgIpc) is 3.13. The van der Waals surface area contributed by atoms with Gasteiger partial charge in [-0.3, -0.25) is 4.79 Å². The van der Waals surface area contributed by atoms with Gasteiger partial charge in [0, 0.05) is 33.9 Å². The van der Waals surface area contributed by atoms with Gasteiger partial charge in [-0.05, 0) is 49.7 Å². The van der Waals surface area contributed by atoms with Crippen LogP contribution in [0.3, 0.4) is 0 Å². The molecule has 2 aromatic heterocycles. The number of carbonyl (C=O) groups excluding carboxylic acids is 1. The number of amides is 1. The quantitative estimate of drug-likeness (QED) is 0.485. The van der Waals surface area contributed by atoms with E-state index in [4.69, 9.17) is 8.83 Å². The van der Waals surface area contributed by atoms with Crippen LogP contribution in [0.2, 0.25) is 0 Å². The number of benzene rings is 1. The molecule has 33 heavy (non-hydrogen) atoms. The fourth-order valence-corrected chi connectivity index (χ4v) is 4.26. The molecule has 1 atom stereocenters. The number of hydrogen-bond donors (Lipinski definition) is 2. The molecule has 178 valence electrons. The van der Waals surface area contributed by atoms with Gasteiger partial charge in [-0.15, -0.1) is 0 Å². The summed E-state index contributed by atoms with van der Waals surface area (Å²) in [7, 11) is 0. The molecule has 2 heterocycles. The van der Waals surface area contributed by atoms with E-state index < -0.39 is 23.5 Å². The number of aryl methyl sites for hydroxylation is 2. The number of carboxylic acids is 1. The van der Waals surface area contributed by atoms with E-state index in [0.717, 1.165) is 27.5 Å². The van der Waals surface area contributed by atoms with E-state index in [-0.39, 0.29) is 24.2 Å². The van der Waals surface area contributed by atoms with Crippen LogP contribution in [0.15, 0.2) is 26.0 Å². The normalized spacial score (nSPS) is 13.1. The van der Waals surface area contributed by atoms with Crippen LogP contribution in [0.1, 0.15) is 69.7 Å². The predicted octanol–water partition coefficient (Wildman–Crippen LogP) is 5.00. The molecule has 3 aromatic rings. The van der Waals surface area contributed by atoms with Crippen LogP contribution >= 0.6 is 0 Å². The Balaban J connectivity index is 1.96. The van der Waals surface area contributed by atoms with Gasteiger partial charge >= 0.3 is 11.6 Å². The summed E-state index contributed by atoms with van der Waals surface area (Å²) < 4.78 is 11.5. The van der Waals surface area contributed by atoms with Gasteiger partial charge in [-0.1, -0.05) is 34.6 Å². The van der Waals surface area contributed by atoms with Crippen LogP contribution in [-0.4, -0.2) is 23.0 Å². The van der Waals surface area contributed by atoms with Crippen molar-refractivity contribution in [3.8, 4) is 0 Å². The highest BCUT2D eigenvalue weighted by Crippen LogP contribution is 2.37. The number of fused-ring (bicyclic) bond motifs is 2. The zero-order chi connectivity index (χ0) is 24.7. The van der Waals surface area contributed by atoms with Crippen molar-refractivity contribution in [1.82, 2.24) is 5.32 Å². The number of aliphatic carboxylic acids is 1. The monoisotopic (exact) mass is 455 g/mol. The summed E-state index contributed by atoms with van der Waals surface area (Å²) in [6, 6.07) is 1.05. The van der Waals surface area contributed by atoms with Gasteiger partial charge in [-0.2, -0.15) is 0 Å². The molecule has 0 bridgehead atoms. The number of hydrogen-bond acceptors (Lipinski definition) is 5. The van der Waals surface area contributed by atoms with Gasteiger partial charge < -0.3 is 19.3 Å². The fourth-order valence-electron chi connectivity index (χ4n) is 4.26. The van der Waals surface area contributed by atoms with Crippen molar-refractivity contribution in [2.24, 2.45) is 5.92 Å². The molecule has 7 heteroatoms. The van der Waals surface area contributed by atoms with Crippen molar-refractivity contribution in [1.29, 1.82) is 0 Å². The minimum atomic E-state index is -1.06. The van der Waals surface area contributed by atoms with Gasteiger partial charge in [0.05, 0.1) is 6.26 Å². The molecular weight excluding hydrogens is 422 g/mol. The topological polar surface area (TPSA) is 110 Å². The van der Waals surface area contributed by atoms with Gasteiger partial charge in [0.15, 0.2) is 0 Å². The van der Waals surface area contributed by atoms with Crippen molar-refractivity contribution in [2.75, 3.05) is 0 Å².